The summed E-state index contributed by atoms with van der Waals surface area (Å²) in [6.07, 6.45) is 6.39. The third-order valence-corrected chi connectivity index (χ3v) is 8.52. The van der Waals surface area contributed by atoms with Gasteiger partial charge < -0.3 is 39.2 Å². The predicted octanol–water partition coefficient (Wildman–Crippen LogP) is 4.17. The summed E-state index contributed by atoms with van der Waals surface area (Å²) in [5.74, 6) is 0.591. The van der Waals surface area contributed by atoms with E-state index in [0.29, 0.717) is 34.9 Å². The van der Waals surface area contributed by atoms with Gasteiger partial charge in [0.1, 0.15) is 0 Å². The van der Waals surface area contributed by atoms with Gasteiger partial charge in [0.15, 0.2) is 11.5 Å². The second-order valence-corrected chi connectivity index (χ2v) is 11.7. The van der Waals surface area contributed by atoms with Gasteiger partial charge in [-0.2, -0.15) is 0 Å². The fourth-order valence-electron chi connectivity index (χ4n) is 6.06. The van der Waals surface area contributed by atoms with Gasteiger partial charge in [0.25, 0.3) is 5.91 Å². The maximum absolute atomic E-state index is 13.1. The zero-order valence-corrected chi connectivity index (χ0v) is 26.3. The van der Waals surface area contributed by atoms with Gasteiger partial charge in [-0.05, 0) is 55.7 Å². The molecule has 2 fully saturated rings. The molecule has 2 saturated heterocycles. The lowest BCUT2D eigenvalue weighted by atomic mass is 10.1. The van der Waals surface area contributed by atoms with E-state index in [2.05, 4.69) is 20.5 Å². The van der Waals surface area contributed by atoms with Crippen molar-refractivity contribution in [3.05, 3.63) is 59.9 Å². The molecule has 1 atom stereocenters. The summed E-state index contributed by atoms with van der Waals surface area (Å²) in [7, 11) is 3.38. The Kier molecular flexibility index (Phi) is 9.53. The molecule has 6 rings (SSSR count). The number of benzene rings is 2. The van der Waals surface area contributed by atoms with E-state index in [-0.39, 0.29) is 43.2 Å². The number of amides is 3. The number of hydrogen-bond donors (Lipinski definition) is 2. The molecule has 2 aromatic carbocycles. The van der Waals surface area contributed by atoms with Gasteiger partial charge in [-0.15, -0.1) is 0 Å². The van der Waals surface area contributed by atoms with Crippen LogP contribution in [0.2, 0.25) is 0 Å². The average molecular weight is 629 g/mol. The number of anilines is 3. The van der Waals surface area contributed by atoms with Gasteiger partial charge in [-0.3, -0.25) is 19.4 Å². The number of aromatic nitrogens is 1. The Morgan fingerprint density at radius 3 is 2.57 bits per heavy atom. The van der Waals surface area contributed by atoms with Crippen LogP contribution < -0.4 is 25.0 Å². The number of rotatable bonds is 11. The molecule has 0 spiro atoms. The lowest BCUT2D eigenvalue weighted by Gasteiger charge is -2.28. The molecule has 0 saturated carbocycles. The first kappa shape index (κ1) is 31.2. The highest BCUT2D eigenvalue weighted by atomic mass is 16.5. The maximum atomic E-state index is 13.1. The highest BCUT2D eigenvalue weighted by Gasteiger charge is 2.32. The van der Waals surface area contributed by atoms with Gasteiger partial charge in [0, 0.05) is 68.6 Å². The molecule has 3 aliphatic rings. The molecule has 12 nitrogen and oxygen atoms in total. The van der Waals surface area contributed by atoms with Crippen LogP contribution in [0.5, 0.6) is 11.5 Å². The number of aryl methyl sites for hydroxylation is 1. The molecular formula is C34H40N6O6. The van der Waals surface area contributed by atoms with Crippen molar-refractivity contribution in [2.24, 2.45) is 12.0 Å². The minimum absolute atomic E-state index is 0.0237. The van der Waals surface area contributed by atoms with Crippen LogP contribution in [-0.4, -0.2) is 86.0 Å². The lowest BCUT2D eigenvalue weighted by Crippen LogP contribution is -2.36. The second kappa shape index (κ2) is 14.1. The van der Waals surface area contributed by atoms with Crippen LogP contribution in [0.4, 0.5) is 22.7 Å². The summed E-state index contributed by atoms with van der Waals surface area (Å²) in [4.78, 5) is 47.2. The van der Waals surface area contributed by atoms with E-state index < -0.39 is 0 Å². The van der Waals surface area contributed by atoms with Gasteiger partial charge in [0.2, 0.25) is 11.8 Å². The van der Waals surface area contributed by atoms with Crippen molar-refractivity contribution < 1.29 is 28.6 Å². The van der Waals surface area contributed by atoms with Crippen LogP contribution in [0.15, 0.2) is 53.7 Å². The molecule has 0 bridgehead atoms. The molecule has 2 N–H and O–H groups in total. The molecule has 3 amide bonds. The molecule has 242 valence electrons. The normalized spacial score (nSPS) is 17.3. The Labute approximate surface area is 268 Å². The molecule has 0 aliphatic carbocycles. The van der Waals surface area contributed by atoms with E-state index in [1.807, 2.05) is 53.1 Å². The topological polar surface area (TPSA) is 127 Å². The minimum Gasteiger partial charge on any atom is -0.493 e. The van der Waals surface area contributed by atoms with E-state index >= 15 is 0 Å². The van der Waals surface area contributed by atoms with Gasteiger partial charge in [0.05, 0.1) is 56.3 Å². The first-order chi connectivity index (χ1) is 22.4. The van der Waals surface area contributed by atoms with Crippen LogP contribution in [0.25, 0.3) is 0 Å². The van der Waals surface area contributed by atoms with E-state index in [1.165, 1.54) is 7.11 Å². The molecular weight excluding hydrogens is 588 g/mol. The number of methoxy groups -OCH3 is 1. The van der Waals surface area contributed by atoms with Crippen molar-refractivity contribution in [3.8, 4) is 11.5 Å². The van der Waals surface area contributed by atoms with Gasteiger partial charge in [-0.1, -0.05) is 0 Å². The molecule has 46 heavy (non-hydrogen) atoms. The Balaban J connectivity index is 0.965. The van der Waals surface area contributed by atoms with Crippen molar-refractivity contribution in [1.82, 2.24) is 9.47 Å². The number of nitrogens with one attached hydrogen (secondary N) is 2. The fourth-order valence-corrected chi connectivity index (χ4v) is 6.06. The van der Waals surface area contributed by atoms with Crippen LogP contribution in [0, 0.1) is 0 Å². The van der Waals surface area contributed by atoms with E-state index in [1.54, 1.807) is 18.3 Å². The van der Waals surface area contributed by atoms with E-state index in [9.17, 15) is 14.4 Å². The van der Waals surface area contributed by atoms with Crippen molar-refractivity contribution in [2.45, 2.75) is 38.1 Å². The smallest absolute Gasteiger partial charge is 0.256 e. The fraction of sp³-hybridized carbons (Fsp3) is 0.412. The molecule has 0 radical (unpaired) electrons. The number of aliphatic imine (C=N–C) groups is 1. The van der Waals surface area contributed by atoms with Crippen LogP contribution in [0.1, 0.15) is 41.7 Å². The summed E-state index contributed by atoms with van der Waals surface area (Å²) >= 11 is 0. The van der Waals surface area contributed by atoms with Crippen LogP contribution in [-0.2, 0) is 27.8 Å². The Morgan fingerprint density at radius 2 is 1.78 bits per heavy atom. The zero-order chi connectivity index (χ0) is 32.0. The third kappa shape index (κ3) is 7.17. The summed E-state index contributed by atoms with van der Waals surface area (Å²) in [5.41, 5.74) is 4.30. The largest absolute Gasteiger partial charge is 0.493 e. The number of fused-ring (bicyclic) bond motifs is 2. The Hall–Kier alpha value is -4.84. The number of ether oxygens (including phenoxy) is 3. The lowest BCUT2D eigenvalue weighted by molar-refractivity contribution is -0.116. The number of carbonyl (C=O) groups excluding carboxylic acids is 3. The average Bonchev–Trinajstić information content (AvgIpc) is 3.64. The van der Waals surface area contributed by atoms with Gasteiger partial charge in [-0.25, -0.2) is 0 Å². The summed E-state index contributed by atoms with van der Waals surface area (Å²) in [5, 5.41) is 5.86. The Morgan fingerprint density at radius 1 is 1.00 bits per heavy atom. The standard InChI is InChI=1S/C34H40N6O6/c1-38-22-24(17-27(38)18-33(42)36-23-7-9-25(10-8-23)39-12-15-45-16-13-39)37-32(41)6-4-14-46-31-20-29-28(19-30(31)44-2)34(43)40-11-3-5-26(40)21-35-29/h7-10,17,19-22,26H,3-6,11-16,18H2,1-2H3,(H,36,42)(H,37,41)/t26-/m0/s1. The number of carbonyl (C=O) groups is 3. The van der Waals surface area contributed by atoms with Gasteiger partial charge >= 0.3 is 0 Å². The maximum Gasteiger partial charge on any atom is 0.256 e. The summed E-state index contributed by atoms with van der Waals surface area (Å²) in [6, 6.07) is 13.1. The molecule has 1 aromatic heterocycles. The van der Waals surface area contributed by atoms with E-state index in [0.717, 1.165) is 62.8 Å². The zero-order valence-electron chi connectivity index (χ0n) is 26.3. The first-order valence-corrected chi connectivity index (χ1v) is 15.8. The highest BCUT2D eigenvalue weighted by molar-refractivity contribution is 6.03. The monoisotopic (exact) mass is 628 g/mol. The van der Waals surface area contributed by atoms with Crippen molar-refractivity contribution in [1.29, 1.82) is 0 Å². The van der Waals surface area contributed by atoms with Crippen molar-refractivity contribution in [3.63, 3.8) is 0 Å². The summed E-state index contributed by atoms with van der Waals surface area (Å²) < 4.78 is 18.7. The summed E-state index contributed by atoms with van der Waals surface area (Å²) in [6.45, 7) is 4.16. The SMILES string of the molecule is COc1cc2c(cc1OCCCC(=O)Nc1cc(CC(=O)Nc3ccc(N4CCOCC4)cc3)n(C)c1)N=C[C@@H]1CCCN1C2=O. The molecule has 0 unspecified atom stereocenters. The van der Waals surface area contributed by atoms with Crippen LogP contribution in [0.3, 0.4) is 0 Å². The number of morpholine rings is 1. The predicted molar refractivity (Wildman–Crippen MR) is 176 cm³/mol. The number of hydrogen-bond acceptors (Lipinski definition) is 8. The molecule has 3 aliphatic heterocycles. The number of nitrogens with zero attached hydrogens (tertiary/aromatic N) is 4. The molecule has 3 aromatic rings. The highest BCUT2D eigenvalue weighted by Crippen LogP contribution is 2.38. The van der Waals surface area contributed by atoms with Crippen LogP contribution >= 0.6 is 0 Å². The second-order valence-electron chi connectivity index (χ2n) is 11.7. The molecule has 12 heteroatoms. The van der Waals surface area contributed by atoms with E-state index in [4.69, 9.17) is 14.2 Å². The van der Waals surface area contributed by atoms with Crippen molar-refractivity contribution >= 4 is 46.7 Å². The quantitative estimate of drug-likeness (QED) is 0.305. The Bertz CT molecular complexity index is 1610. The van der Waals surface area contributed by atoms with Crippen molar-refractivity contribution in [2.75, 3.05) is 62.1 Å². The third-order valence-electron chi connectivity index (χ3n) is 8.52. The molecule has 4 heterocycles. The minimum atomic E-state index is -0.157. The first-order valence-electron chi connectivity index (χ1n) is 15.8.